The van der Waals surface area contributed by atoms with Crippen LogP contribution < -0.4 is 5.32 Å². The van der Waals surface area contributed by atoms with Gasteiger partial charge in [-0.25, -0.2) is 9.48 Å². The smallest absolute Gasteiger partial charge is 0.337 e. The number of amides is 2. The molecule has 0 aliphatic heterocycles. The summed E-state index contributed by atoms with van der Waals surface area (Å²) in [5.41, 5.74) is 2.31. The molecule has 10 heteroatoms. The SMILES string of the molecule is COC(=O)c1ccc([C@@H](C(=O)NC2CCCCC2)N(Cc2ccco2)C(=O)Cn2nnc3ccccc32)cc1. The number of nitrogens with zero attached hydrogens (tertiary/aromatic N) is 4. The van der Waals surface area contributed by atoms with Crippen LogP contribution in [0.2, 0.25) is 0 Å². The van der Waals surface area contributed by atoms with Crippen molar-refractivity contribution in [1.82, 2.24) is 25.2 Å². The first-order valence-corrected chi connectivity index (χ1v) is 13.1. The number of furan rings is 1. The van der Waals surface area contributed by atoms with Crippen LogP contribution in [0.4, 0.5) is 0 Å². The lowest BCUT2D eigenvalue weighted by Crippen LogP contribution is -2.47. The van der Waals surface area contributed by atoms with Crippen molar-refractivity contribution in [2.24, 2.45) is 0 Å². The number of nitrogens with one attached hydrogen (secondary N) is 1. The Hall–Kier alpha value is -4.47. The molecule has 1 N–H and O–H groups in total. The molecule has 1 aliphatic rings. The van der Waals surface area contributed by atoms with Crippen LogP contribution in [0.15, 0.2) is 71.3 Å². The van der Waals surface area contributed by atoms with Crippen molar-refractivity contribution < 1.29 is 23.5 Å². The Bertz CT molecular complexity index is 1420. The van der Waals surface area contributed by atoms with E-state index in [-0.39, 0.29) is 30.9 Å². The minimum Gasteiger partial charge on any atom is -0.467 e. The van der Waals surface area contributed by atoms with Crippen LogP contribution in [0.25, 0.3) is 11.0 Å². The van der Waals surface area contributed by atoms with Crippen molar-refractivity contribution in [1.29, 1.82) is 0 Å². The average Bonchev–Trinajstić information content (AvgIpc) is 3.63. The maximum Gasteiger partial charge on any atom is 0.337 e. The van der Waals surface area contributed by atoms with E-state index in [4.69, 9.17) is 9.15 Å². The van der Waals surface area contributed by atoms with Crippen LogP contribution in [-0.2, 0) is 27.4 Å². The summed E-state index contributed by atoms with van der Waals surface area (Å²) >= 11 is 0. The number of carbonyl (C=O) groups is 3. The highest BCUT2D eigenvalue weighted by Gasteiger charge is 2.34. The summed E-state index contributed by atoms with van der Waals surface area (Å²) in [4.78, 5) is 41.4. The van der Waals surface area contributed by atoms with E-state index in [1.54, 1.807) is 36.4 Å². The first-order valence-electron chi connectivity index (χ1n) is 13.1. The van der Waals surface area contributed by atoms with Crippen LogP contribution in [0, 0.1) is 0 Å². The van der Waals surface area contributed by atoms with E-state index in [1.165, 1.54) is 23.0 Å². The lowest BCUT2D eigenvalue weighted by molar-refractivity contribution is -0.142. The third-order valence-electron chi connectivity index (χ3n) is 7.09. The Morgan fingerprint density at radius 3 is 2.54 bits per heavy atom. The van der Waals surface area contributed by atoms with Crippen molar-refractivity contribution in [2.45, 2.75) is 57.3 Å². The summed E-state index contributed by atoms with van der Waals surface area (Å²) < 4.78 is 11.9. The van der Waals surface area contributed by atoms with Crippen molar-refractivity contribution in [3.8, 4) is 0 Å². The fourth-order valence-electron chi connectivity index (χ4n) is 5.07. The zero-order chi connectivity index (χ0) is 27.2. The van der Waals surface area contributed by atoms with Crippen molar-refractivity contribution >= 4 is 28.8 Å². The molecule has 1 saturated carbocycles. The second-order valence-corrected chi connectivity index (χ2v) is 9.70. The number of ether oxygens (including phenoxy) is 1. The second kappa shape index (κ2) is 11.9. The van der Waals surface area contributed by atoms with Crippen LogP contribution in [-0.4, -0.2) is 50.8 Å². The molecule has 0 spiro atoms. The van der Waals surface area contributed by atoms with E-state index in [9.17, 15) is 14.4 Å². The molecule has 4 aromatic rings. The second-order valence-electron chi connectivity index (χ2n) is 9.70. The highest BCUT2D eigenvalue weighted by Crippen LogP contribution is 2.27. The Morgan fingerprint density at radius 1 is 1.05 bits per heavy atom. The maximum absolute atomic E-state index is 14.0. The Balaban J connectivity index is 1.51. The number of hydrogen-bond acceptors (Lipinski definition) is 7. The molecule has 0 radical (unpaired) electrons. The van der Waals surface area contributed by atoms with Crippen LogP contribution in [0.5, 0.6) is 0 Å². The third kappa shape index (κ3) is 6.00. The summed E-state index contributed by atoms with van der Waals surface area (Å²) in [6.45, 7) is -0.0470. The molecule has 0 saturated heterocycles. The van der Waals surface area contributed by atoms with Gasteiger partial charge in [-0.15, -0.1) is 5.10 Å². The molecular weight excluding hydrogens is 498 g/mol. The number of methoxy groups -OCH3 is 1. The van der Waals surface area contributed by atoms with Crippen LogP contribution in [0.3, 0.4) is 0 Å². The molecule has 5 rings (SSSR count). The standard InChI is InChI=1S/C29H31N5O5/c1-38-29(37)21-15-13-20(14-16-21)27(28(36)30-22-8-3-2-4-9-22)33(18-23-10-7-17-39-23)26(35)19-34-25-12-6-5-11-24(25)31-32-34/h5-7,10-17,22,27H,2-4,8-9,18-19H2,1H3,(H,30,36)/t27-/m0/s1. The van der Waals surface area contributed by atoms with Gasteiger partial charge in [-0.1, -0.05) is 48.7 Å². The van der Waals surface area contributed by atoms with E-state index >= 15 is 0 Å². The van der Waals surface area contributed by atoms with E-state index < -0.39 is 12.0 Å². The van der Waals surface area contributed by atoms with E-state index in [1.807, 2.05) is 24.3 Å². The molecule has 0 bridgehead atoms. The quantitative estimate of drug-likeness (QED) is 0.325. The van der Waals surface area contributed by atoms with Gasteiger partial charge < -0.3 is 19.4 Å². The molecule has 1 fully saturated rings. The predicted molar refractivity (Wildman–Crippen MR) is 142 cm³/mol. The molecule has 2 aromatic heterocycles. The number of esters is 1. The number of benzene rings is 2. The zero-order valence-electron chi connectivity index (χ0n) is 21.8. The fourth-order valence-corrected chi connectivity index (χ4v) is 5.07. The first kappa shape index (κ1) is 26.1. The molecule has 0 unspecified atom stereocenters. The topological polar surface area (TPSA) is 120 Å². The molecule has 2 aromatic carbocycles. The summed E-state index contributed by atoms with van der Waals surface area (Å²) in [7, 11) is 1.31. The van der Waals surface area contributed by atoms with Crippen LogP contribution in [0.1, 0.15) is 59.8 Å². The predicted octanol–water partition coefficient (Wildman–Crippen LogP) is 4.03. The minimum absolute atomic E-state index is 0.0444. The number of rotatable bonds is 9. The van der Waals surface area contributed by atoms with Crippen LogP contribution >= 0.6 is 0 Å². The Labute approximate surface area is 225 Å². The molecule has 1 atom stereocenters. The molecular formula is C29H31N5O5. The maximum atomic E-state index is 14.0. The lowest BCUT2D eigenvalue weighted by atomic mass is 9.94. The van der Waals surface area contributed by atoms with Gasteiger partial charge in [0.25, 0.3) is 0 Å². The average molecular weight is 530 g/mol. The van der Waals surface area contributed by atoms with Crippen molar-refractivity contribution in [3.63, 3.8) is 0 Å². The normalized spacial score (nSPS) is 14.6. The molecule has 1 aliphatic carbocycles. The van der Waals surface area contributed by atoms with Gasteiger partial charge in [0.15, 0.2) is 0 Å². The zero-order valence-corrected chi connectivity index (χ0v) is 21.8. The van der Waals surface area contributed by atoms with E-state index in [2.05, 4.69) is 15.6 Å². The summed E-state index contributed by atoms with van der Waals surface area (Å²) in [6, 6.07) is 16.5. The Kier molecular flexibility index (Phi) is 8.00. The fraction of sp³-hybridized carbons (Fsp3) is 0.345. The van der Waals surface area contributed by atoms with Gasteiger partial charge in [-0.3, -0.25) is 9.59 Å². The van der Waals surface area contributed by atoms with E-state index in [0.29, 0.717) is 22.4 Å². The van der Waals surface area contributed by atoms with E-state index in [0.717, 1.165) is 37.6 Å². The highest BCUT2D eigenvalue weighted by molar-refractivity contribution is 5.91. The number of para-hydroxylation sites is 1. The first-order chi connectivity index (χ1) is 19.0. The number of carbonyl (C=O) groups excluding carboxylic acids is 3. The summed E-state index contributed by atoms with van der Waals surface area (Å²) in [5.74, 6) is -0.557. The van der Waals surface area contributed by atoms with Gasteiger partial charge in [-0.2, -0.15) is 0 Å². The van der Waals surface area contributed by atoms with Crippen molar-refractivity contribution in [2.75, 3.05) is 7.11 Å². The molecule has 2 amide bonds. The minimum atomic E-state index is -0.967. The summed E-state index contributed by atoms with van der Waals surface area (Å²) in [6.07, 6.45) is 6.59. The van der Waals surface area contributed by atoms with Gasteiger partial charge in [0.1, 0.15) is 23.9 Å². The monoisotopic (exact) mass is 529 g/mol. The van der Waals surface area contributed by atoms with Gasteiger partial charge >= 0.3 is 5.97 Å². The number of hydrogen-bond donors (Lipinski definition) is 1. The summed E-state index contributed by atoms with van der Waals surface area (Å²) in [5, 5.41) is 11.5. The molecule has 10 nitrogen and oxygen atoms in total. The van der Waals surface area contributed by atoms with Crippen molar-refractivity contribution in [3.05, 3.63) is 83.8 Å². The number of aromatic nitrogens is 3. The molecule has 2 heterocycles. The largest absolute Gasteiger partial charge is 0.467 e. The molecule has 39 heavy (non-hydrogen) atoms. The Morgan fingerprint density at radius 2 is 1.82 bits per heavy atom. The third-order valence-corrected chi connectivity index (χ3v) is 7.09. The van der Waals surface area contributed by atoms with Gasteiger partial charge in [0.2, 0.25) is 11.8 Å². The molecule has 202 valence electrons. The highest BCUT2D eigenvalue weighted by atomic mass is 16.5. The number of fused-ring (bicyclic) bond motifs is 1. The lowest BCUT2D eigenvalue weighted by Gasteiger charge is -2.33. The van der Waals surface area contributed by atoms with Gasteiger partial charge in [0.05, 0.1) is 31.0 Å². The van der Waals surface area contributed by atoms with Gasteiger partial charge in [0, 0.05) is 6.04 Å². The van der Waals surface area contributed by atoms with Gasteiger partial charge in [-0.05, 0) is 54.8 Å².